The number of benzene rings is 2. The summed E-state index contributed by atoms with van der Waals surface area (Å²) in [7, 11) is -1.59. The van der Waals surface area contributed by atoms with E-state index >= 15 is 0 Å². The van der Waals surface area contributed by atoms with Crippen LogP contribution in [0.5, 0.6) is 0 Å². The first-order valence-corrected chi connectivity index (χ1v) is 12.8. The van der Waals surface area contributed by atoms with E-state index in [0.29, 0.717) is 23.9 Å². The van der Waals surface area contributed by atoms with Crippen LogP contribution in [-0.2, 0) is 14.8 Å². The third-order valence-corrected chi connectivity index (χ3v) is 8.66. The number of rotatable bonds is 5. The molecule has 1 atom stereocenters. The number of amides is 1. The lowest BCUT2D eigenvalue weighted by molar-refractivity contribution is -0.115. The molecule has 0 unspecified atom stereocenters. The molecule has 2 heterocycles. The minimum atomic E-state index is -3.47. The van der Waals surface area contributed by atoms with Crippen molar-refractivity contribution in [2.45, 2.75) is 29.9 Å². The van der Waals surface area contributed by atoms with Crippen molar-refractivity contribution in [3.63, 3.8) is 0 Å². The fourth-order valence-corrected chi connectivity index (χ4v) is 6.06. The second-order valence-electron chi connectivity index (χ2n) is 7.80. The highest BCUT2D eigenvalue weighted by Crippen LogP contribution is 2.35. The first kappa shape index (κ1) is 22.6. The maximum Gasteiger partial charge on any atom is 0.243 e. The van der Waals surface area contributed by atoms with Gasteiger partial charge in [-0.15, -0.1) is 0 Å². The molecule has 9 heteroatoms. The molecule has 1 amide bonds. The van der Waals surface area contributed by atoms with Crippen molar-refractivity contribution in [2.24, 2.45) is 4.99 Å². The van der Waals surface area contributed by atoms with Gasteiger partial charge in [0, 0.05) is 37.1 Å². The van der Waals surface area contributed by atoms with Gasteiger partial charge in [0.25, 0.3) is 0 Å². The van der Waals surface area contributed by atoms with Gasteiger partial charge in [-0.1, -0.05) is 36.5 Å². The molecule has 1 fully saturated rings. The van der Waals surface area contributed by atoms with Crippen LogP contribution in [0.4, 0.5) is 11.4 Å². The summed E-state index contributed by atoms with van der Waals surface area (Å²) in [6.07, 6.45) is 1.78. The lowest BCUT2D eigenvalue weighted by Gasteiger charge is -2.29. The average molecular weight is 471 g/mol. The Labute approximate surface area is 193 Å². The molecule has 2 aromatic rings. The summed E-state index contributed by atoms with van der Waals surface area (Å²) in [5, 5.41) is 3.14. The topological polar surface area (TPSA) is 82.1 Å². The molecule has 168 valence electrons. The van der Waals surface area contributed by atoms with Crippen molar-refractivity contribution in [1.82, 2.24) is 9.21 Å². The summed E-state index contributed by atoms with van der Waals surface area (Å²) in [6, 6.07) is 14.1. The Bertz CT molecular complexity index is 1170. The normalized spacial score (nSPS) is 17.6. The fraction of sp³-hybridized carbons (Fsp3) is 0.304. The lowest BCUT2D eigenvalue weighted by atomic mass is 10.1. The Morgan fingerprint density at radius 3 is 2.47 bits per heavy atom. The molecular weight excluding hydrogens is 444 g/mol. The number of hydrogen-bond donors (Lipinski definition) is 1. The number of fused-ring (bicyclic) bond motifs is 1. The molecule has 7 nitrogen and oxygen atoms in total. The largest absolute Gasteiger partial charge is 0.325 e. The molecule has 2 aliphatic rings. The quantitative estimate of drug-likeness (QED) is 0.710. The van der Waals surface area contributed by atoms with Gasteiger partial charge in [-0.2, -0.15) is 4.31 Å². The molecule has 0 saturated carbocycles. The number of thioether (sulfide) groups is 1. The maximum absolute atomic E-state index is 12.8. The standard InChI is InChI=1S/C23H26N4O3S2/c1-16-20-8-4-5-9-21(20)25-23(26(16)3)31-17(2)22(28)24-18-10-12-19(13-11-18)32(29,30)27-14-6-7-15-27/h4-5,8-13,17H,1,6-7,14-15H2,2-3H3,(H,24,28)/t17-/m0/s1. The first-order chi connectivity index (χ1) is 15.3. The molecule has 4 rings (SSSR count). The van der Waals surface area contributed by atoms with Crippen molar-refractivity contribution >= 4 is 49.9 Å². The zero-order valence-electron chi connectivity index (χ0n) is 18.1. The number of aliphatic imine (C=N–C) groups is 1. The highest BCUT2D eigenvalue weighted by Gasteiger charge is 2.28. The molecule has 1 N–H and O–H groups in total. The van der Waals surface area contributed by atoms with E-state index in [1.165, 1.54) is 16.1 Å². The predicted octanol–water partition coefficient (Wildman–Crippen LogP) is 4.14. The zero-order valence-corrected chi connectivity index (χ0v) is 19.7. The van der Waals surface area contributed by atoms with E-state index < -0.39 is 15.3 Å². The molecule has 0 aromatic heterocycles. The number of carbonyl (C=O) groups is 1. The zero-order chi connectivity index (χ0) is 22.9. The molecule has 2 aromatic carbocycles. The highest BCUT2D eigenvalue weighted by molar-refractivity contribution is 8.14. The summed E-state index contributed by atoms with van der Waals surface area (Å²) >= 11 is 1.35. The van der Waals surface area contributed by atoms with Gasteiger partial charge in [-0.3, -0.25) is 4.79 Å². The Morgan fingerprint density at radius 2 is 1.78 bits per heavy atom. The number of amidine groups is 1. The van der Waals surface area contributed by atoms with Gasteiger partial charge in [-0.05, 0) is 50.1 Å². The third kappa shape index (κ3) is 4.46. The first-order valence-electron chi connectivity index (χ1n) is 10.5. The SMILES string of the molecule is C=C1c2ccccc2N=C(S[C@@H](C)C(=O)Nc2ccc(S(=O)(=O)N3CCCC3)cc2)N1C. The van der Waals surface area contributed by atoms with Crippen LogP contribution in [0.25, 0.3) is 5.70 Å². The fourth-order valence-electron chi connectivity index (χ4n) is 3.64. The van der Waals surface area contributed by atoms with Gasteiger partial charge < -0.3 is 10.2 Å². The summed E-state index contributed by atoms with van der Waals surface area (Å²) in [5.74, 6) is -0.189. The summed E-state index contributed by atoms with van der Waals surface area (Å²) in [4.78, 5) is 19.6. The molecule has 2 aliphatic heterocycles. The summed E-state index contributed by atoms with van der Waals surface area (Å²) < 4.78 is 26.8. The monoisotopic (exact) mass is 470 g/mol. The van der Waals surface area contributed by atoms with Crippen LogP contribution in [0.1, 0.15) is 25.3 Å². The number of para-hydroxylation sites is 1. The number of carbonyl (C=O) groups excluding carboxylic acids is 1. The van der Waals surface area contributed by atoms with Gasteiger partial charge in [-0.25, -0.2) is 13.4 Å². The van der Waals surface area contributed by atoms with E-state index in [0.717, 1.165) is 29.8 Å². The van der Waals surface area contributed by atoms with E-state index in [9.17, 15) is 13.2 Å². The third-order valence-electron chi connectivity index (χ3n) is 5.60. The van der Waals surface area contributed by atoms with Crippen molar-refractivity contribution in [3.05, 3.63) is 60.7 Å². The van der Waals surface area contributed by atoms with E-state index in [1.807, 2.05) is 43.1 Å². The van der Waals surface area contributed by atoms with Crippen LogP contribution in [0.15, 0.2) is 65.0 Å². The van der Waals surface area contributed by atoms with E-state index in [1.54, 1.807) is 24.3 Å². The van der Waals surface area contributed by atoms with E-state index in [2.05, 4.69) is 16.9 Å². The summed E-state index contributed by atoms with van der Waals surface area (Å²) in [5.41, 5.74) is 3.19. The lowest BCUT2D eigenvalue weighted by Crippen LogP contribution is -2.30. The highest BCUT2D eigenvalue weighted by atomic mass is 32.2. The van der Waals surface area contributed by atoms with Crippen molar-refractivity contribution in [2.75, 3.05) is 25.5 Å². The second kappa shape index (κ2) is 9.09. The number of nitrogens with one attached hydrogen (secondary N) is 1. The molecular formula is C23H26N4O3S2. The van der Waals surface area contributed by atoms with Gasteiger partial charge in [0.1, 0.15) is 0 Å². The summed E-state index contributed by atoms with van der Waals surface area (Å²) in [6.45, 7) is 7.07. The Hall–Kier alpha value is -2.62. The minimum Gasteiger partial charge on any atom is -0.325 e. The van der Waals surface area contributed by atoms with Crippen LogP contribution in [0, 0.1) is 0 Å². The van der Waals surface area contributed by atoms with Crippen LogP contribution in [-0.4, -0.2) is 54.1 Å². The Balaban J connectivity index is 1.42. The second-order valence-corrected chi connectivity index (χ2v) is 11.0. The van der Waals surface area contributed by atoms with E-state index in [-0.39, 0.29) is 10.8 Å². The van der Waals surface area contributed by atoms with Gasteiger partial charge in [0.2, 0.25) is 15.9 Å². The average Bonchev–Trinajstić information content (AvgIpc) is 3.33. The van der Waals surface area contributed by atoms with Crippen molar-refractivity contribution in [3.8, 4) is 0 Å². The molecule has 32 heavy (non-hydrogen) atoms. The maximum atomic E-state index is 12.8. The number of hydrogen-bond acceptors (Lipinski definition) is 6. The van der Waals surface area contributed by atoms with Crippen LogP contribution in [0.2, 0.25) is 0 Å². The van der Waals surface area contributed by atoms with Crippen LogP contribution in [0.3, 0.4) is 0 Å². The number of sulfonamides is 1. The molecule has 0 aliphatic carbocycles. The molecule has 1 saturated heterocycles. The molecule has 0 bridgehead atoms. The van der Waals surface area contributed by atoms with E-state index in [4.69, 9.17) is 0 Å². The van der Waals surface area contributed by atoms with Crippen LogP contribution < -0.4 is 5.32 Å². The van der Waals surface area contributed by atoms with Gasteiger partial charge >= 0.3 is 0 Å². The minimum absolute atomic E-state index is 0.189. The van der Waals surface area contributed by atoms with Crippen molar-refractivity contribution < 1.29 is 13.2 Å². The number of anilines is 1. The Kier molecular flexibility index (Phi) is 6.41. The van der Waals surface area contributed by atoms with Gasteiger partial charge in [0.05, 0.1) is 15.8 Å². The van der Waals surface area contributed by atoms with Crippen LogP contribution >= 0.6 is 11.8 Å². The molecule has 0 radical (unpaired) electrons. The van der Waals surface area contributed by atoms with Crippen molar-refractivity contribution in [1.29, 1.82) is 0 Å². The smallest absolute Gasteiger partial charge is 0.243 e. The van der Waals surface area contributed by atoms with Gasteiger partial charge in [0.15, 0.2) is 5.17 Å². The molecule has 0 spiro atoms. The number of nitrogens with zero attached hydrogens (tertiary/aromatic N) is 3. The Morgan fingerprint density at radius 1 is 1.12 bits per heavy atom. The predicted molar refractivity (Wildman–Crippen MR) is 130 cm³/mol.